The first kappa shape index (κ1) is 33.3. The van der Waals surface area contributed by atoms with Gasteiger partial charge < -0.3 is 21.1 Å². The van der Waals surface area contributed by atoms with Crippen molar-refractivity contribution in [3.63, 3.8) is 0 Å². The lowest BCUT2D eigenvalue weighted by atomic mass is 9.92. The van der Waals surface area contributed by atoms with Crippen LogP contribution in [-0.2, 0) is 26.0 Å². The molecule has 0 radical (unpaired) electrons. The molecule has 3 aromatic rings. The Morgan fingerprint density at radius 1 is 1.07 bits per heavy atom. The number of carboxylic acid groups (broad SMARTS) is 1. The zero-order valence-electron chi connectivity index (χ0n) is 24.3. The van der Waals surface area contributed by atoms with Crippen molar-refractivity contribution in [3.8, 4) is 6.07 Å². The first-order valence-electron chi connectivity index (χ1n) is 14.5. The number of nitriles is 1. The van der Waals surface area contributed by atoms with Crippen molar-refractivity contribution in [2.24, 2.45) is 0 Å². The maximum atomic E-state index is 13.7. The summed E-state index contributed by atoms with van der Waals surface area (Å²) in [6.07, 6.45) is 5.62. The summed E-state index contributed by atoms with van der Waals surface area (Å²) < 4.78 is 28.5. The SMILES string of the molecule is N#Cc1cccc(S(=O)(=O)N2C[C@H](NC3CCC3)CC2C(=O)N[C@@H](Cc2ccc(NC(=O)c3c(Cl)cncc3Cl)cc2)C(=O)O)c1. The van der Waals surface area contributed by atoms with Gasteiger partial charge in [0, 0.05) is 43.1 Å². The smallest absolute Gasteiger partial charge is 0.326 e. The molecule has 2 amide bonds. The summed E-state index contributed by atoms with van der Waals surface area (Å²) >= 11 is 12.1. The number of halogens is 2. The second-order valence-electron chi connectivity index (χ2n) is 11.2. The molecule has 2 fully saturated rings. The Bertz CT molecular complexity index is 1780. The molecule has 4 N–H and O–H groups in total. The number of pyridine rings is 1. The molecular weight excluding hydrogens is 655 g/mol. The van der Waals surface area contributed by atoms with E-state index >= 15 is 0 Å². The fraction of sp³-hybridized carbons (Fsp3) is 0.323. The van der Waals surface area contributed by atoms with Gasteiger partial charge in [0.2, 0.25) is 15.9 Å². The molecule has 12 nitrogen and oxygen atoms in total. The third kappa shape index (κ3) is 7.49. The molecule has 1 aromatic heterocycles. The summed E-state index contributed by atoms with van der Waals surface area (Å²) in [4.78, 5) is 42.2. The van der Waals surface area contributed by atoms with Gasteiger partial charge in [0.1, 0.15) is 12.1 Å². The molecule has 0 bridgehead atoms. The zero-order chi connectivity index (χ0) is 33.0. The van der Waals surface area contributed by atoms with Gasteiger partial charge in [-0.05, 0) is 55.2 Å². The summed E-state index contributed by atoms with van der Waals surface area (Å²) in [6, 6.07) is 11.2. The van der Waals surface area contributed by atoms with Crippen LogP contribution in [0.1, 0.15) is 47.2 Å². The van der Waals surface area contributed by atoms with Crippen LogP contribution >= 0.6 is 23.2 Å². The first-order valence-corrected chi connectivity index (χ1v) is 16.7. The molecule has 1 saturated carbocycles. The number of aromatic nitrogens is 1. The number of hydrogen-bond acceptors (Lipinski definition) is 8. The van der Waals surface area contributed by atoms with Gasteiger partial charge in [-0.25, -0.2) is 13.2 Å². The van der Waals surface area contributed by atoms with Gasteiger partial charge in [-0.1, -0.05) is 47.8 Å². The maximum Gasteiger partial charge on any atom is 0.326 e. The minimum atomic E-state index is -4.20. The molecule has 3 atom stereocenters. The van der Waals surface area contributed by atoms with Crippen molar-refractivity contribution in [1.82, 2.24) is 19.9 Å². The molecule has 240 valence electrons. The van der Waals surface area contributed by atoms with Crippen molar-refractivity contribution >= 4 is 56.7 Å². The number of sulfonamides is 1. The van der Waals surface area contributed by atoms with E-state index in [9.17, 15) is 33.2 Å². The number of benzene rings is 2. The number of hydrogen-bond donors (Lipinski definition) is 4. The van der Waals surface area contributed by atoms with Crippen LogP contribution in [0.4, 0.5) is 5.69 Å². The molecule has 46 heavy (non-hydrogen) atoms. The van der Waals surface area contributed by atoms with E-state index in [2.05, 4.69) is 20.9 Å². The minimum Gasteiger partial charge on any atom is -0.480 e. The van der Waals surface area contributed by atoms with Crippen molar-refractivity contribution in [2.75, 3.05) is 11.9 Å². The largest absolute Gasteiger partial charge is 0.480 e. The monoisotopic (exact) mass is 684 g/mol. The molecule has 0 spiro atoms. The van der Waals surface area contributed by atoms with Crippen molar-refractivity contribution in [3.05, 3.63) is 87.7 Å². The van der Waals surface area contributed by atoms with Crippen molar-refractivity contribution in [1.29, 1.82) is 5.26 Å². The Kier molecular flexibility index (Phi) is 10.2. The highest BCUT2D eigenvalue weighted by Gasteiger charge is 2.45. The molecule has 2 heterocycles. The van der Waals surface area contributed by atoms with Crippen molar-refractivity contribution in [2.45, 2.75) is 61.2 Å². The zero-order valence-corrected chi connectivity index (χ0v) is 26.6. The van der Waals surface area contributed by atoms with Gasteiger partial charge in [0.15, 0.2) is 0 Å². The number of aliphatic carboxylic acids is 1. The number of nitrogens with zero attached hydrogens (tertiary/aromatic N) is 3. The number of rotatable bonds is 11. The molecule has 15 heteroatoms. The fourth-order valence-corrected chi connectivity index (χ4v) is 7.68. The van der Waals surface area contributed by atoms with Crippen molar-refractivity contribution < 1.29 is 27.9 Å². The lowest BCUT2D eigenvalue weighted by molar-refractivity contribution is -0.142. The van der Waals surface area contributed by atoms with E-state index in [4.69, 9.17) is 23.2 Å². The van der Waals surface area contributed by atoms with E-state index in [0.29, 0.717) is 11.3 Å². The van der Waals surface area contributed by atoms with Gasteiger partial charge in [-0.2, -0.15) is 9.57 Å². The number of carboxylic acids is 1. The van der Waals surface area contributed by atoms with Gasteiger partial charge >= 0.3 is 5.97 Å². The van der Waals surface area contributed by atoms with E-state index in [1.54, 1.807) is 24.3 Å². The summed E-state index contributed by atoms with van der Waals surface area (Å²) in [5.74, 6) is -2.59. The van der Waals surface area contributed by atoms with Crippen LogP contribution in [0.15, 0.2) is 65.8 Å². The standard InChI is InChI=1S/C31H30Cl2N6O6S/c32-24-15-35-16-25(33)28(24)30(41)37-21-9-7-18(8-10-21)12-26(31(42)43)38-29(40)27-13-22(36-20-4-2-5-20)17-39(27)46(44,45)23-6-1-3-19(11-23)14-34/h1,3,6-11,15-16,20,22,26-27,36H,2,4-5,12-13,17H2,(H,37,41)(H,38,40)(H,42,43)/t22-,26+,27?/m1/s1. The highest BCUT2D eigenvalue weighted by atomic mass is 35.5. The number of carbonyl (C=O) groups is 3. The fourth-order valence-electron chi connectivity index (χ4n) is 5.45. The third-order valence-corrected chi connectivity index (χ3v) is 10.5. The number of amides is 2. The number of nitrogens with one attached hydrogen (secondary N) is 3. The second kappa shape index (κ2) is 14.1. The number of anilines is 1. The predicted molar refractivity (Wildman–Crippen MR) is 170 cm³/mol. The first-order chi connectivity index (χ1) is 22.0. The van der Waals surface area contributed by atoms with Gasteiger partial charge in [-0.3, -0.25) is 14.6 Å². The Hall–Kier alpha value is -4.06. The van der Waals surface area contributed by atoms with Crippen LogP contribution in [-0.4, -0.2) is 71.3 Å². The average molecular weight is 686 g/mol. The Morgan fingerprint density at radius 2 is 1.76 bits per heavy atom. The Labute approximate surface area is 275 Å². The lowest BCUT2D eigenvalue weighted by Gasteiger charge is -2.29. The summed E-state index contributed by atoms with van der Waals surface area (Å²) in [7, 11) is -4.20. The van der Waals surface area contributed by atoms with E-state index in [-0.39, 0.29) is 57.5 Å². The Balaban J connectivity index is 1.30. The van der Waals surface area contributed by atoms with E-state index in [0.717, 1.165) is 23.6 Å². The molecule has 1 aliphatic heterocycles. The third-order valence-electron chi connectivity index (χ3n) is 8.05. The van der Waals surface area contributed by atoms with E-state index < -0.39 is 39.9 Å². The van der Waals surface area contributed by atoms with Gasteiger partial charge in [0.05, 0.1) is 32.1 Å². The normalized spacial score (nSPS) is 19.1. The lowest BCUT2D eigenvalue weighted by Crippen LogP contribution is -2.51. The average Bonchev–Trinajstić information content (AvgIpc) is 3.45. The molecule has 1 aliphatic carbocycles. The van der Waals surface area contributed by atoms with Crippen LogP contribution in [0.25, 0.3) is 0 Å². The topological polar surface area (TPSA) is 182 Å². The van der Waals surface area contributed by atoms with Crippen LogP contribution in [0, 0.1) is 11.3 Å². The summed E-state index contributed by atoms with van der Waals surface area (Å²) in [5, 5.41) is 28.0. The van der Waals surface area contributed by atoms with Crippen LogP contribution in [0.3, 0.4) is 0 Å². The van der Waals surface area contributed by atoms with Crippen LogP contribution in [0.5, 0.6) is 0 Å². The molecule has 1 saturated heterocycles. The molecular formula is C31H30Cl2N6O6S. The van der Waals surface area contributed by atoms with E-state index in [1.165, 1.54) is 36.7 Å². The highest BCUT2D eigenvalue weighted by Crippen LogP contribution is 2.30. The predicted octanol–water partition coefficient (Wildman–Crippen LogP) is 3.60. The van der Waals surface area contributed by atoms with Crippen LogP contribution in [0.2, 0.25) is 10.0 Å². The quantitative estimate of drug-likeness (QED) is 0.235. The van der Waals surface area contributed by atoms with E-state index in [1.807, 2.05) is 6.07 Å². The molecule has 2 aliphatic rings. The molecule has 2 aromatic carbocycles. The Morgan fingerprint density at radius 3 is 2.37 bits per heavy atom. The molecule has 5 rings (SSSR count). The highest BCUT2D eigenvalue weighted by molar-refractivity contribution is 7.89. The van der Waals surface area contributed by atoms with Gasteiger partial charge in [0.25, 0.3) is 5.91 Å². The molecule has 1 unspecified atom stereocenters. The summed E-state index contributed by atoms with van der Waals surface area (Å²) in [5.41, 5.74) is 1.15. The maximum absolute atomic E-state index is 13.7. The number of carbonyl (C=O) groups excluding carboxylic acids is 2. The van der Waals surface area contributed by atoms with Crippen LogP contribution < -0.4 is 16.0 Å². The van der Waals surface area contributed by atoms with Gasteiger partial charge in [-0.15, -0.1) is 0 Å². The minimum absolute atomic E-state index is 0.0224. The second-order valence-corrected chi connectivity index (χ2v) is 13.9. The summed E-state index contributed by atoms with van der Waals surface area (Å²) in [6.45, 7) is 0.0224.